The zero-order valence-corrected chi connectivity index (χ0v) is 9.86. The lowest BCUT2D eigenvalue weighted by molar-refractivity contribution is 0.860. The number of nitrogens with zero attached hydrogens (tertiary/aromatic N) is 1. The minimum atomic E-state index is -0.0124. The van der Waals surface area contributed by atoms with Crippen LogP contribution in [0.1, 0.15) is 0 Å². The highest BCUT2D eigenvalue weighted by molar-refractivity contribution is 9.10. The van der Waals surface area contributed by atoms with E-state index in [-0.39, 0.29) is 5.56 Å². The van der Waals surface area contributed by atoms with E-state index in [9.17, 15) is 4.79 Å². The van der Waals surface area contributed by atoms with Crippen LogP contribution in [0.2, 0.25) is 0 Å². The molecule has 15 heavy (non-hydrogen) atoms. The summed E-state index contributed by atoms with van der Waals surface area (Å²) in [5.41, 5.74) is 2.11. The summed E-state index contributed by atoms with van der Waals surface area (Å²) in [6, 6.07) is 11.6. The molecule has 2 nitrogen and oxygen atoms in total. The van der Waals surface area contributed by atoms with Crippen LogP contribution in [0.5, 0.6) is 0 Å². The van der Waals surface area contributed by atoms with Gasteiger partial charge in [-0.3, -0.25) is 4.79 Å². The lowest BCUT2D eigenvalue weighted by Gasteiger charge is -2.06. The Morgan fingerprint density at radius 3 is 2.53 bits per heavy atom. The summed E-state index contributed by atoms with van der Waals surface area (Å²) in [4.78, 5) is 11.4. The number of halogens is 1. The molecule has 2 rings (SSSR count). The fourth-order valence-corrected chi connectivity index (χ4v) is 1.96. The van der Waals surface area contributed by atoms with Crippen LogP contribution in [0.25, 0.3) is 11.1 Å². The van der Waals surface area contributed by atoms with E-state index in [1.54, 1.807) is 17.7 Å². The van der Waals surface area contributed by atoms with Crippen LogP contribution in [0.15, 0.2) is 51.9 Å². The number of aryl methyl sites for hydroxylation is 1. The molecule has 0 saturated heterocycles. The maximum absolute atomic E-state index is 11.4. The molecule has 1 aromatic carbocycles. The van der Waals surface area contributed by atoms with Gasteiger partial charge >= 0.3 is 0 Å². The summed E-state index contributed by atoms with van der Waals surface area (Å²) in [5.74, 6) is 0. The molecule has 0 aliphatic heterocycles. The van der Waals surface area contributed by atoms with Crippen LogP contribution in [0.3, 0.4) is 0 Å². The molecule has 0 aliphatic rings. The quantitative estimate of drug-likeness (QED) is 0.776. The predicted molar refractivity (Wildman–Crippen MR) is 64.8 cm³/mol. The highest BCUT2D eigenvalue weighted by Crippen LogP contribution is 2.25. The number of hydrogen-bond donors (Lipinski definition) is 0. The molecule has 0 amide bonds. The lowest BCUT2D eigenvalue weighted by atomic mass is 10.1. The minimum absolute atomic E-state index is 0.0124. The smallest absolute Gasteiger partial charge is 0.251 e. The zero-order valence-electron chi connectivity index (χ0n) is 8.27. The topological polar surface area (TPSA) is 22.0 Å². The first kappa shape index (κ1) is 10.2. The van der Waals surface area contributed by atoms with Gasteiger partial charge in [-0.1, -0.05) is 30.3 Å². The second kappa shape index (κ2) is 4.03. The van der Waals surface area contributed by atoms with Crippen molar-refractivity contribution in [2.24, 2.45) is 7.05 Å². The number of aromatic nitrogens is 1. The summed E-state index contributed by atoms with van der Waals surface area (Å²) in [6.45, 7) is 0. The van der Waals surface area contributed by atoms with Crippen molar-refractivity contribution in [1.29, 1.82) is 0 Å². The van der Waals surface area contributed by atoms with Gasteiger partial charge in [0, 0.05) is 29.3 Å². The van der Waals surface area contributed by atoms with E-state index < -0.39 is 0 Å². The van der Waals surface area contributed by atoms with Crippen LogP contribution < -0.4 is 5.56 Å². The maximum atomic E-state index is 11.4. The van der Waals surface area contributed by atoms with Crippen molar-refractivity contribution in [2.75, 3.05) is 0 Å². The Kier molecular flexibility index (Phi) is 2.73. The fourth-order valence-electron chi connectivity index (χ4n) is 1.44. The highest BCUT2D eigenvalue weighted by Gasteiger charge is 2.04. The van der Waals surface area contributed by atoms with Crippen LogP contribution in [-0.2, 0) is 7.05 Å². The number of benzene rings is 1. The third-order valence-corrected chi connectivity index (χ3v) is 2.92. The summed E-state index contributed by atoms with van der Waals surface area (Å²) >= 11 is 3.40. The minimum Gasteiger partial charge on any atom is -0.318 e. The van der Waals surface area contributed by atoms with E-state index in [1.807, 2.05) is 36.5 Å². The average molecular weight is 264 g/mol. The Hall–Kier alpha value is -1.35. The van der Waals surface area contributed by atoms with Crippen LogP contribution in [0, 0.1) is 0 Å². The summed E-state index contributed by atoms with van der Waals surface area (Å²) in [7, 11) is 1.75. The summed E-state index contributed by atoms with van der Waals surface area (Å²) < 4.78 is 2.41. The molecule has 1 heterocycles. The number of pyridine rings is 1. The van der Waals surface area contributed by atoms with Gasteiger partial charge in [-0.15, -0.1) is 0 Å². The average Bonchev–Trinajstić information content (AvgIpc) is 2.25. The van der Waals surface area contributed by atoms with Crippen molar-refractivity contribution in [3.63, 3.8) is 0 Å². The molecule has 0 spiro atoms. The second-order valence-electron chi connectivity index (χ2n) is 3.35. The summed E-state index contributed by atoms with van der Waals surface area (Å²) in [6.07, 6.45) is 1.84. The van der Waals surface area contributed by atoms with Gasteiger partial charge in [0.1, 0.15) is 0 Å². The molecule has 2 aromatic rings. The molecular weight excluding hydrogens is 254 g/mol. The molecule has 0 radical (unpaired) electrons. The Labute approximate surface area is 96.3 Å². The van der Waals surface area contributed by atoms with Crippen LogP contribution in [0.4, 0.5) is 0 Å². The molecule has 0 aliphatic carbocycles. The third-order valence-electron chi connectivity index (χ3n) is 2.26. The van der Waals surface area contributed by atoms with Crippen molar-refractivity contribution >= 4 is 15.9 Å². The predicted octanol–water partition coefficient (Wildman–Crippen LogP) is 2.81. The molecule has 0 atom stereocenters. The second-order valence-corrected chi connectivity index (χ2v) is 4.20. The molecular formula is C12H10BrNO. The number of hydrogen-bond acceptors (Lipinski definition) is 1. The Morgan fingerprint density at radius 2 is 1.87 bits per heavy atom. The van der Waals surface area contributed by atoms with Crippen molar-refractivity contribution in [1.82, 2.24) is 4.57 Å². The fraction of sp³-hybridized carbons (Fsp3) is 0.0833. The Morgan fingerprint density at radius 1 is 1.20 bits per heavy atom. The van der Waals surface area contributed by atoms with Gasteiger partial charge < -0.3 is 4.57 Å². The van der Waals surface area contributed by atoms with E-state index in [0.29, 0.717) is 0 Å². The van der Waals surface area contributed by atoms with Gasteiger partial charge in [0.25, 0.3) is 5.56 Å². The van der Waals surface area contributed by atoms with Crippen molar-refractivity contribution in [3.8, 4) is 11.1 Å². The first-order chi connectivity index (χ1) is 7.18. The van der Waals surface area contributed by atoms with Gasteiger partial charge in [-0.2, -0.15) is 0 Å². The van der Waals surface area contributed by atoms with E-state index in [1.165, 1.54) is 0 Å². The Bertz CT molecular complexity index is 531. The van der Waals surface area contributed by atoms with E-state index in [4.69, 9.17) is 0 Å². The van der Waals surface area contributed by atoms with E-state index >= 15 is 0 Å². The SMILES string of the molecule is Cn1cc(-c2ccccc2)c(Br)cc1=O. The largest absolute Gasteiger partial charge is 0.318 e. The first-order valence-electron chi connectivity index (χ1n) is 4.60. The molecule has 3 heteroatoms. The molecule has 0 bridgehead atoms. The first-order valence-corrected chi connectivity index (χ1v) is 5.39. The molecule has 0 fully saturated rings. The van der Waals surface area contributed by atoms with E-state index in [2.05, 4.69) is 15.9 Å². The van der Waals surface area contributed by atoms with Gasteiger partial charge in [0.05, 0.1) is 0 Å². The lowest BCUT2D eigenvalue weighted by Crippen LogP contribution is -2.14. The van der Waals surface area contributed by atoms with Crippen molar-refractivity contribution in [2.45, 2.75) is 0 Å². The van der Waals surface area contributed by atoms with Gasteiger partial charge in [0.2, 0.25) is 0 Å². The van der Waals surface area contributed by atoms with Gasteiger partial charge in [0.15, 0.2) is 0 Å². The Balaban J connectivity index is 2.64. The molecule has 0 unspecified atom stereocenters. The molecule has 0 N–H and O–H groups in total. The third kappa shape index (κ3) is 2.02. The molecule has 1 aromatic heterocycles. The maximum Gasteiger partial charge on any atom is 0.251 e. The molecule has 76 valence electrons. The summed E-state index contributed by atoms with van der Waals surface area (Å²) in [5, 5.41) is 0. The van der Waals surface area contributed by atoms with Crippen LogP contribution in [-0.4, -0.2) is 4.57 Å². The van der Waals surface area contributed by atoms with Gasteiger partial charge in [-0.25, -0.2) is 0 Å². The normalized spacial score (nSPS) is 10.3. The van der Waals surface area contributed by atoms with Crippen LogP contribution >= 0.6 is 15.9 Å². The van der Waals surface area contributed by atoms with E-state index in [0.717, 1.165) is 15.6 Å². The van der Waals surface area contributed by atoms with Crippen molar-refractivity contribution < 1.29 is 0 Å². The zero-order chi connectivity index (χ0) is 10.8. The van der Waals surface area contributed by atoms with Crippen molar-refractivity contribution in [3.05, 3.63) is 57.4 Å². The highest BCUT2D eigenvalue weighted by atomic mass is 79.9. The standard InChI is InChI=1S/C12H10BrNO/c1-14-8-10(11(13)7-12(14)15)9-5-3-2-4-6-9/h2-8H,1H3. The molecule has 0 saturated carbocycles. The number of rotatable bonds is 1. The van der Waals surface area contributed by atoms with Gasteiger partial charge in [-0.05, 0) is 21.5 Å². The monoisotopic (exact) mass is 263 g/mol.